The lowest BCUT2D eigenvalue weighted by atomic mass is 10.2. The highest BCUT2D eigenvalue weighted by Crippen LogP contribution is 2.14. The van der Waals surface area contributed by atoms with E-state index in [0.717, 1.165) is 5.56 Å². The maximum Gasteiger partial charge on any atom is 0.375 e. The number of benzene rings is 1. The number of aromatic nitrogens is 1. The van der Waals surface area contributed by atoms with Crippen molar-refractivity contribution in [3.63, 3.8) is 0 Å². The van der Waals surface area contributed by atoms with Crippen LogP contribution in [0.15, 0.2) is 48.7 Å². The summed E-state index contributed by atoms with van der Waals surface area (Å²) < 4.78 is 10.3. The fourth-order valence-corrected chi connectivity index (χ4v) is 1.83. The van der Waals surface area contributed by atoms with Gasteiger partial charge in [-0.05, 0) is 18.6 Å². The van der Waals surface area contributed by atoms with E-state index in [1.807, 2.05) is 30.3 Å². The number of hydrogen-bond acceptors (Lipinski definition) is 5. The summed E-state index contributed by atoms with van der Waals surface area (Å²) in [4.78, 5) is 27.0. The molecule has 0 radical (unpaired) electrons. The van der Waals surface area contributed by atoms with Gasteiger partial charge < -0.3 is 9.47 Å². The summed E-state index contributed by atoms with van der Waals surface area (Å²) in [7, 11) is 0. The fourth-order valence-electron chi connectivity index (χ4n) is 1.83. The molecule has 0 atom stereocenters. The van der Waals surface area contributed by atoms with Gasteiger partial charge in [-0.3, -0.25) is 9.78 Å². The lowest BCUT2D eigenvalue weighted by Gasteiger charge is -2.07. The van der Waals surface area contributed by atoms with Gasteiger partial charge >= 0.3 is 5.97 Å². The Labute approximate surface area is 128 Å². The molecule has 5 heteroatoms. The Morgan fingerprint density at radius 1 is 1.14 bits per heavy atom. The molecule has 1 aromatic carbocycles. The molecule has 1 heterocycles. The van der Waals surface area contributed by atoms with Crippen LogP contribution in [0.1, 0.15) is 18.2 Å². The Balaban J connectivity index is 1.95. The predicted octanol–water partition coefficient (Wildman–Crippen LogP) is 2.34. The zero-order valence-electron chi connectivity index (χ0n) is 12.3. The van der Waals surface area contributed by atoms with Crippen LogP contribution < -0.4 is 4.74 Å². The van der Waals surface area contributed by atoms with E-state index in [1.165, 1.54) is 0 Å². The van der Waals surface area contributed by atoms with Gasteiger partial charge in [0, 0.05) is 12.3 Å². The summed E-state index contributed by atoms with van der Waals surface area (Å²) >= 11 is 0. The Kier molecular flexibility index (Phi) is 5.65. The summed E-state index contributed by atoms with van der Waals surface area (Å²) in [6.45, 7) is 2.26. The van der Waals surface area contributed by atoms with Crippen molar-refractivity contribution in [1.82, 2.24) is 4.98 Å². The SMILES string of the molecule is CCOC(=O)C(=O)Cc1cc(OCc2ccccc2)ccn1. The molecule has 0 fully saturated rings. The highest BCUT2D eigenvalue weighted by molar-refractivity contribution is 6.34. The van der Waals surface area contributed by atoms with Crippen molar-refractivity contribution in [3.05, 3.63) is 59.9 Å². The lowest BCUT2D eigenvalue weighted by Crippen LogP contribution is -2.19. The van der Waals surface area contributed by atoms with Crippen molar-refractivity contribution in [2.75, 3.05) is 6.61 Å². The molecule has 22 heavy (non-hydrogen) atoms. The second-order valence-electron chi connectivity index (χ2n) is 4.58. The second-order valence-corrected chi connectivity index (χ2v) is 4.58. The molecule has 5 nitrogen and oxygen atoms in total. The van der Waals surface area contributed by atoms with Crippen molar-refractivity contribution in [1.29, 1.82) is 0 Å². The van der Waals surface area contributed by atoms with Crippen LogP contribution >= 0.6 is 0 Å². The van der Waals surface area contributed by atoms with E-state index in [4.69, 9.17) is 4.74 Å². The molecule has 1 aromatic heterocycles. The number of nitrogens with zero attached hydrogens (tertiary/aromatic N) is 1. The van der Waals surface area contributed by atoms with Crippen molar-refractivity contribution in [3.8, 4) is 5.75 Å². The van der Waals surface area contributed by atoms with Crippen LogP contribution in [0.2, 0.25) is 0 Å². The summed E-state index contributed by atoms with van der Waals surface area (Å²) in [6.07, 6.45) is 1.45. The molecule has 114 valence electrons. The third-order valence-electron chi connectivity index (χ3n) is 2.88. The first-order valence-electron chi connectivity index (χ1n) is 7.00. The Bertz CT molecular complexity index is 640. The molecule has 0 bridgehead atoms. The number of esters is 1. The first-order valence-corrected chi connectivity index (χ1v) is 7.00. The third-order valence-corrected chi connectivity index (χ3v) is 2.88. The summed E-state index contributed by atoms with van der Waals surface area (Å²) in [6, 6.07) is 13.1. The topological polar surface area (TPSA) is 65.5 Å². The van der Waals surface area contributed by atoms with Gasteiger partial charge in [0.05, 0.1) is 18.7 Å². The highest BCUT2D eigenvalue weighted by atomic mass is 16.5. The number of pyridine rings is 1. The standard InChI is InChI=1S/C17H17NO4/c1-2-21-17(20)16(19)11-14-10-15(8-9-18-14)22-12-13-6-4-3-5-7-13/h3-10H,2,11-12H2,1H3. The molecule has 0 aliphatic heterocycles. The average molecular weight is 299 g/mol. The number of hydrogen-bond donors (Lipinski definition) is 0. The normalized spacial score (nSPS) is 10.0. The van der Waals surface area contributed by atoms with Gasteiger partial charge in [-0.2, -0.15) is 0 Å². The van der Waals surface area contributed by atoms with Gasteiger partial charge in [-0.25, -0.2) is 4.79 Å². The second kappa shape index (κ2) is 7.93. The quantitative estimate of drug-likeness (QED) is 0.580. The zero-order chi connectivity index (χ0) is 15.8. The number of carbonyl (C=O) groups excluding carboxylic acids is 2. The van der Waals surface area contributed by atoms with Gasteiger partial charge in [0.2, 0.25) is 5.78 Å². The van der Waals surface area contributed by atoms with Crippen LogP contribution in [0.25, 0.3) is 0 Å². The molecule has 0 aliphatic carbocycles. The smallest absolute Gasteiger partial charge is 0.375 e. The van der Waals surface area contributed by atoms with E-state index in [1.54, 1.807) is 25.3 Å². The van der Waals surface area contributed by atoms with Crippen LogP contribution in [-0.2, 0) is 27.4 Å². The Morgan fingerprint density at radius 3 is 2.64 bits per heavy atom. The minimum Gasteiger partial charge on any atom is -0.489 e. The summed E-state index contributed by atoms with van der Waals surface area (Å²) in [5.41, 5.74) is 1.52. The van der Waals surface area contributed by atoms with E-state index in [9.17, 15) is 9.59 Å². The summed E-state index contributed by atoms with van der Waals surface area (Å²) in [5, 5.41) is 0. The molecule has 0 aliphatic rings. The number of ether oxygens (including phenoxy) is 2. The van der Waals surface area contributed by atoms with E-state index >= 15 is 0 Å². The van der Waals surface area contributed by atoms with Crippen molar-refractivity contribution < 1.29 is 19.1 Å². The van der Waals surface area contributed by atoms with E-state index in [2.05, 4.69) is 9.72 Å². The number of ketones is 1. The van der Waals surface area contributed by atoms with Crippen LogP contribution in [0.5, 0.6) is 5.75 Å². The van der Waals surface area contributed by atoms with Crippen molar-refractivity contribution in [2.24, 2.45) is 0 Å². The van der Waals surface area contributed by atoms with Crippen LogP contribution in [0.4, 0.5) is 0 Å². The lowest BCUT2D eigenvalue weighted by molar-refractivity contribution is -0.153. The first kappa shape index (κ1) is 15.7. The van der Waals surface area contributed by atoms with E-state index in [0.29, 0.717) is 18.1 Å². The molecule has 0 N–H and O–H groups in total. The van der Waals surface area contributed by atoms with Gasteiger partial charge in [0.15, 0.2) is 0 Å². The minimum atomic E-state index is -0.833. The average Bonchev–Trinajstić information content (AvgIpc) is 2.54. The molecule has 0 amide bonds. The molecular weight excluding hydrogens is 282 g/mol. The molecule has 0 saturated heterocycles. The molecule has 2 aromatic rings. The fraction of sp³-hybridized carbons (Fsp3) is 0.235. The highest BCUT2D eigenvalue weighted by Gasteiger charge is 2.16. The summed E-state index contributed by atoms with van der Waals surface area (Å²) in [5.74, 6) is -0.847. The molecular formula is C17H17NO4. The maximum atomic E-state index is 11.6. The minimum absolute atomic E-state index is 0.0959. The maximum absolute atomic E-state index is 11.6. The van der Waals surface area contributed by atoms with Crippen molar-refractivity contribution in [2.45, 2.75) is 20.0 Å². The van der Waals surface area contributed by atoms with Crippen molar-refractivity contribution >= 4 is 11.8 Å². The largest absolute Gasteiger partial charge is 0.489 e. The molecule has 2 rings (SSSR count). The molecule has 0 unspecified atom stereocenters. The van der Waals surface area contributed by atoms with Gasteiger partial charge in [-0.1, -0.05) is 30.3 Å². The van der Waals surface area contributed by atoms with Crippen LogP contribution in [-0.4, -0.2) is 23.3 Å². The van der Waals surface area contributed by atoms with Gasteiger partial charge in [0.1, 0.15) is 12.4 Å². The first-order chi connectivity index (χ1) is 10.7. The zero-order valence-corrected chi connectivity index (χ0v) is 12.3. The van der Waals surface area contributed by atoms with Crippen LogP contribution in [0.3, 0.4) is 0 Å². The number of rotatable bonds is 7. The third kappa shape index (κ3) is 4.70. The van der Waals surface area contributed by atoms with Gasteiger partial charge in [-0.15, -0.1) is 0 Å². The number of Topliss-reactive ketones (excluding diaryl/α,β-unsaturated/α-hetero) is 1. The van der Waals surface area contributed by atoms with Gasteiger partial charge in [0.25, 0.3) is 0 Å². The number of carbonyl (C=O) groups is 2. The molecule has 0 saturated carbocycles. The van der Waals surface area contributed by atoms with E-state index < -0.39 is 11.8 Å². The Morgan fingerprint density at radius 2 is 1.91 bits per heavy atom. The van der Waals surface area contributed by atoms with Crippen LogP contribution in [0, 0.1) is 0 Å². The predicted molar refractivity (Wildman–Crippen MR) is 80.4 cm³/mol. The molecule has 0 spiro atoms. The monoisotopic (exact) mass is 299 g/mol. The Hall–Kier alpha value is -2.69. The van der Waals surface area contributed by atoms with E-state index in [-0.39, 0.29) is 13.0 Å².